The Morgan fingerprint density at radius 2 is 2.16 bits per heavy atom. The number of hydrogen-bond acceptors (Lipinski definition) is 7. The fourth-order valence-corrected chi connectivity index (χ4v) is 3.74. The minimum absolute atomic E-state index is 0.0297. The first-order valence-electron chi connectivity index (χ1n) is 10.1. The van der Waals surface area contributed by atoms with Crippen molar-refractivity contribution in [2.45, 2.75) is 25.5 Å². The van der Waals surface area contributed by atoms with Crippen LogP contribution in [0.3, 0.4) is 0 Å². The Bertz CT molecular complexity index is 1060. The van der Waals surface area contributed by atoms with Crippen molar-refractivity contribution >= 4 is 34.0 Å². The Morgan fingerprint density at radius 1 is 1.29 bits per heavy atom. The molecule has 31 heavy (non-hydrogen) atoms. The number of benzene rings is 2. The highest BCUT2D eigenvalue weighted by atomic mass is 35.5. The average Bonchev–Trinajstić information content (AvgIpc) is 2.80. The van der Waals surface area contributed by atoms with E-state index >= 15 is 0 Å². The molecule has 7 nitrogen and oxygen atoms in total. The number of methoxy groups -OCH3 is 1. The van der Waals surface area contributed by atoms with Gasteiger partial charge in [-0.3, -0.25) is 0 Å². The first-order valence-corrected chi connectivity index (χ1v) is 10.5. The van der Waals surface area contributed by atoms with E-state index in [0.717, 1.165) is 18.4 Å². The molecule has 0 spiro atoms. The number of anilines is 2. The van der Waals surface area contributed by atoms with Crippen LogP contribution >= 0.6 is 11.6 Å². The maximum absolute atomic E-state index is 13.5. The quantitative estimate of drug-likeness (QED) is 0.559. The van der Waals surface area contributed by atoms with E-state index in [-0.39, 0.29) is 17.2 Å². The molecule has 9 heteroatoms. The molecule has 1 aliphatic heterocycles. The molecule has 2 aromatic carbocycles. The van der Waals surface area contributed by atoms with Gasteiger partial charge in [-0.2, -0.15) is 0 Å². The molecule has 164 valence electrons. The van der Waals surface area contributed by atoms with E-state index in [4.69, 9.17) is 25.8 Å². The van der Waals surface area contributed by atoms with Gasteiger partial charge in [0.25, 0.3) is 0 Å². The summed E-state index contributed by atoms with van der Waals surface area (Å²) in [6.07, 6.45) is 2.16. The predicted molar refractivity (Wildman–Crippen MR) is 118 cm³/mol. The minimum Gasteiger partial charge on any atom is -0.493 e. The average molecular weight is 447 g/mol. The van der Waals surface area contributed by atoms with Gasteiger partial charge in [0.2, 0.25) is 0 Å². The second kappa shape index (κ2) is 9.64. The molecule has 0 amide bonds. The standard InChI is InChI=1S/C22H24ClFN4O3/c1-3-19(18-11-30-7-6-25-18)31-21-9-14-17(10-20(21)29-2)26-12-27-22(14)28-13-4-5-16(24)15(23)8-13/h4-5,8-10,12,18-19,25H,3,6-7,11H2,1-2H3,(H,26,27,28). The van der Waals surface area contributed by atoms with E-state index in [0.29, 0.717) is 41.7 Å². The maximum Gasteiger partial charge on any atom is 0.162 e. The Morgan fingerprint density at radius 3 is 2.87 bits per heavy atom. The summed E-state index contributed by atoms with van der Waals surface area (Å²) in [7, 11) is 1.60. The third-order valence-corrected chi connectivity index (χ3v) is 5.47. The fourth-order valence-electron chi connectivity index (χ4n) is 3.56. The second-order valence-electron chi connectivity index (χ2n) is 7.20. The van der Waals surface area contributed by atoms with Gasteiger partial charge in [-0.1, -0.05) is 18.5 Å². The predicted octanol–water partition coefficient (Wildman–Crippen LogP) is 4.32. The van der Waals surface area contributed by atoms with Gasteiger partial charge in [-0.15, -0.1) is 0 Å². The van der Waals surface area contributed by atoms with Gasteiger partial charge in [0.05, 0.1) is 36.9 Å². The van der Waals surface area contributed by atoms with Gasteiger partial charge in [0, 0.05) is 23.7 Å². The number of morpholine rings is 1. The number of nitrogens with one attached hydrogen (secondary N) is 2. The minimum atomic E-state index is -0.480. The summed E-state index contributed by atoms with van der Waals surface area (Å²) in [5.74, 6) is 1.24. The van der Waals surface area contributed by atoms with E-state index in [1.54, 1.807) is 13.2 Å². The number of nitrogens with zero attached hydrogens (tertiary/aromatic N) is 2. The molecule has 1 aliphatic rings. The zero-order valence-corrected chi connectivity index (χ0v) is 18.1. The van der Waals surface area contributed by atoms with Crippen LogP contribution in [0.2, 0.25) is 5.02 Å². The number of rotatable bonds is 7. The number of ether oxygens (including phenoxy) is 3. The normalized spacial score (nSPS) is 17.4. The van der Waals surface area contributed by atoms with Crippen LogP contribution in [0.4, 0.5) is 15.9 Å². The van der Waals surface area contributed by atoms with Gasteiger partial charge in [-0.05, 0) is 30.7 Å². The molecular formula is C22H24ClFN4O3. The second-order valence-corrected chi connectivity index (χ2v) is 7.60. The number of aromatic nitrogens is 2. The lowest BCUT2D eigenvalue weighted by atomic mass is 10.1. The van der Waals surface area contributed by atoms with Crippen LogP contribution in [-0.2, 0) is 4.74 Å². The first-order chi connectivity index (χ1) is 15.1. The lowest BCUT2D eigenvalue weighted by molar-refractivity contribution is 0.0259. The van der Waals surface area contributed by atoms with E-state index in [1.807, 2.05) is 12.1 Å². The van der Waals surface area contributed by atoms with Gasteiger partial charge in [0.15, 0.2) is 11.5 Å². The van der Waals surface area contributed by atoms with Crippen LogP contribution in [-0.4, -0.2) is 49.0 Å². The maximum atomic E-state index is 13.5. The molecule has 1 saturated heterocycles. The molecule has 2 unspecified atom stereocenters. The fraction of sp³-hybridized carbons (Fsp3) is 0.364. The van der Waals surface area contributed by atoms with Crippen LogP contribution in [0.5, 0.6) is 11.5 Å². The summed E-state index contributed by atoms with van der Waals surface area (Å²) in [6, 6.07) is 8.16. The Hall–Kier alpha value is -2.68. The van der Waals surface area contributed by atoms with Crippen molar-refractivity contribution in [2.24, 2.45) is 0 Å². The van der Waals surface area contributed by atoms with Crippen molar-refractivity contribution in [2.75, 3.05) is 32.2 Å². The monoisotopic (exact) mass is 446 g/mol. The summed E-state index contributed by atoms with van der Waals surface area (Å²) in [4.78, 5) is 8.70. The van der Waals surface area contributed by atoms with Crippen LogP contribution in [0.1, 0.15) is 13.3 Å². The lowest BCUT2D eigenvalue weighted by Crippen LogP contribution is -2.50. The topological polar surface area (TPSA) is 77.5 Å². The molecular weight excluding hydrogens is 423 g/mol. The molecule has 4 rings (SSSR count). The van der Waals surface area contributed by atoms with Crippen molar-refractivity contribution in [1.82, 2.24) is 15.3 Å². The highest BCUT2D eigenvalue weighted by molar-refractivity contribution is 6.31. The van der Waals surface area contributed by atoms with Crippen molar-refractivity contribution in [3.8, 4) is 11.5 Å². The Labute approximate surface area is 184 Å². The Kier molecular flexibility index (Phi) is 6.70. The molecule has 0 radical (unpaired) electrons. The van der Waals surface area contributed by atoms with Crippen LogP contribution in [0, 0.1) is 5.82 Å². The molecule has 1 aromatic heterocycles. The van der Waals surface area contributed by atoms with Crippen LogP contribution in [0.25, 0.3) is 10.9 Å². The highest BCUT2D eigenvalue weighted by Crippen LogP contribution is 2.36. The summed E-state index contributed by atoms with van der Waals surface area (Å²) < 4.78 is 31.0. The largest absolute Gasteiger partial charge is 0.493 e. The van der Waals surface area contributed by atoms with Crippen molar-refractivity contribution in [3.63, 3.8) is 0 Å². The van der Waals surface area contributed by atoms with Gasteiger partial charge in [-0.25, -0.2) is 14.4 Å². The van der Waals surface area contributed by atoms with Gasteiger partial charge < -0.3 is 24.8 Å². The summed E-state index contributed by atoms with van der Waals surface area (Å²) >= 11 is 5.91. The molecule has 2 atom stereocenters. The van der Waals surface area contributed by atoms with Gasteiger partial charge >= 0.3 is 0 Å². The summed E-state index contributed by atoms with van der Waals surface area (Å²) in [5.41, 5.74) is 1.29. The lowest BCUT2D eigenvalue weighted by Gasteiger charge is -2.31. The molecule has 0 aliphatic carbocycles. The molecule has 3 aromatic rings. The molecule has 2 heterocycles. The van der Waals surface area contributed by atoms with E-state index in [1.165, 1.54) is 18.5 Å². The zero-order chi connectivity index (χ0) is 21.8. The SMILES string of the molecule is CCC(Oc1cc2c(Nc3ccc(F)c(Cl)c3)ncnc2cc1OC)C1COCCN1. The summed E-state index contributed by atoms with van der Waals surface area (Å²) in [6.45, 7) is 4.16. The van der Waals surface area contributed by atoms with Crippen LogP contribution < -0.4 is 20.1 Å². The number of fused-ring (bicyclic) bond motifs is 1. The van der Waals surface area contributed by atoms with Crippen LogP contribution in [0.15, 0.2) is 36.7 Å². The number of halogens is 2. The van der Waals surface area contributed by atoms with E-state index in [9.17, 15) is 4.39 Å². The molecule has 0 bridgehead atoms. The summed E-state index contributed by atoms with van der Waals surface area (Å²) in [5, 5.41) is 7.39. The highest BCUT2D eigenvalue weighted by Gasteiger charge is 2.25. The van der Waals surface area contributed by atoms with Gasteiger partial charge in [0.1, 0.15) is 24.1 Å². The Balaban J connectivity index is 1.68. The zero-order valence-electron chi connectivity index (χ0n) is 17.3. The van der Waals surface area contributed by atoms with Crippen molar-refractivity contribution in [3.05, 3.63) is 47.5 Å². The van der Waals surface area contributed by atoms with Crippen molar-refractivity contribution in [1.29, 1.82) is 0 Å². The smallest absolute Gasteiger partial charge is 0.162 e. The molecule has 2 N–H and O–H groups in total. The third kappa shape index (κ3) is 4.81. The van der Waals surface area contributed by atoms with E-state index in [2.05, 4.69) is 27.5 Å². The molecule has 1 fully saturated rings. The number of hydrogen-bond donors (Lipinski definition) is 2. The molecule has 0 saturated carbocycles. The van der Waals surface area contributed by atoms with Crippen molar-refractivity contribution < 1.29 is 18.6 Å². The first kappa shape index (κ1) is 21.5. The third-order valence-electron chi connectivity index (χ3n) is 5.18. The van der Waals surface area contributed by atoms with E-state index < -0.39 is 5.82 Å².